The van der Waals surface area contributed by atoms with Crippen LogP contribution in [0.5, 0.6) is 0 Å². The maximum atomic E-state index is 11.9. The number of aliphatic hydroxyl groups excluding tert-OH is 2. The summed E-state index contributed by atoms with van der Waals surface area (Å²) in [4.78, 5) is 0. The van der Waals surface area contributed by atoms with Gasteiger partial charge in [-0.1, -0.05) is 0 Å². The lowest BCUT2D eigenvalue weighted by molar-refractivity contribution is 0.107. The Labute approximate surface area is 80.4 Å². The van der Waals surface area contributed by atoms with E-state index in [-0.39, 0.29) is 26.4 Å². The van der Waals surface area contributed by atoms with E-state index in [0.717, 1.165) is 0 Å². The monoisotopic (exact) mass is 212 g/mol. The van der Waals surface area contributed by atoms with Crippen LogP contribution >= 0.6 is 0 Å². The molecular weight excluding hydrogens is 198 g/mol. The first-order valence-corrected chi connectivity index (χ1v) is 4.41. The molecule has 6 heteroatoms. The summed E-state index contributed by atoms with van der Waals surface area (Å²) in [7, 11) is 0. The Morgan fingerprint density at radius 3 is 1.21 bits per heavy atom. The zero-order chi connectivity index (χ0) is 10.6. The smallest absolute Gasteiger partial charge is 0.151 e. The van der Waals surface area contributed by atoms with Crippen LogP contribution in [-0.4, -0.2) is 61.2 Å². The van der Waals surface area contributed by atoms with Crippen molar-refractivity contribution in [1.29, 1.82) is 0 Å². The number of halogens is 2. The molecule has 2 N–H and O–H groups in total. The summed E-state index contributed by atoms with van der Waals surface area (Å²) in [5, 5.41) is 17.0. The molecule has 2 rings (SSSR count). The quantitative estimate of drug-likeness (QED) is 0.564. The molecule has 2 aliphatic rings. The Morgan fingerprint density at radius 2 is 1.14 bits per heavy atom. The SMILES string of the molecule is O[C@@H]1COC[C@@H]1F.O[C@H]1COC[C@H]1F. The molecule has 0 unspecified atom stereocenters. The van der Waals surface area contributed by atoms with Gasteiger partial charge in [0.25, 0.3) is 0 Å². The second kappa shape index (κ2) is 5.55. The van der Waals surface area contributed by atoms with E-state index < -0.39 is 24.6 Å². The van der Waals surface area contributed by atoms with Gasteiger partial charge in [0.1, 0.15) is 12.2 Å². The van der Waals surface area contributed by atoms with Crippen molar-refractivity contribution >= 4 is 0 Å². The van der Waals surface area contributed by atoms with E-state index in [1.807, 2.05) is 0 Å². The van der Waals surface area contributed by atoms with E-state index in [9.17, 15) is 8.78 Å². The van der Waals surface area contributed by atoms with Crippen LogP contribution in [0.3, 0.4) is 0 Å². The number of rotatable bonds is 0. The number of hydrogen-bond acceptors (Lipinski definition) is 4. The van der Waals surface area contributed by atoms with Gasteiger partial charge in [-0.2, -0.15) is 0 Å². The van der Waals surface area contributed by atoms with Gasteiger partial charge in [0.05, 0.1) is 26.4 Å². The normalized spacial score (nSPS) is 42.0. The van der Waals surface area contributed by atoms with Crippen molar-refractivity contribution in [3.05, 3.63) is 0 Å². The maximum absolute atomic E-state index is 11.9. The first-order valence-electron chi connectivity index (χ1n) is 4.41. The zero-order valence-electron chi connectivity index (χ0n) is 7.60. The highest BCUT2D eigenvalue weighted by atomic mass is 19.1. The van der Waals surface area contributed by atoms with Crippen LogP contribution in [0.25, 0.3) is 0 Å². The van der Waals surface area contributed by atoms with Crippen LogP contribution in [-0.2, 0) is 9.47 Å². The molecule has 0 aromatic rings. The number of hydrogen-bond donors (Lipinski definition) is 2. The van der Waals surface area contributed by atoms with Gasteiger partial charge < -0.3 is 19.7 Å². The molecular formula is C8H14F2O4. The van der Waals surface area contributed by atoms with Crippen molar-refractivity contribution in [3.63, 3.8) is 0 Å². The van der Waals surface area contributed by atoms with Crippen LogP contribution < -0.4 is 0 Å². The predicted octanol–water partition coefficient (Wildman–Crippen LogP) is -0.569. The molecule has 2 aliphatic heterocycles. The molecule has 14 heavy (non-hydrogen) atoms. The standard InChI is InChI=1S/2C4H7FO2/c2*5-3-1-7-2-4(3)6/h2*3-4,6H,1-2H2/t2*3-,4+/m10/s1. The van der Waals surface area contributed by atoms with Crippen molar-refractivity contribution < 1.29 is 28.5 Å². The molecule has 0 spiro atoms. The summed E-state index contributed by atoms with van der Waals surface area (Å²) in [5.41, 5.74) is 0. The summed E-state index contributed by atoms with van der Waals surface area (Å²) >= 11 is 0. The molecule has 2 heterocycles. The third-order valence-electron chi connectivity index (χ3n) is 1.97. The lowest BCUT2D eigenvalue weighted by atomic mass is 10.3. The van der Waals surface area contributed by atoms with Crippen molar-refractivity contribution in [2.45, 2.75) is 24.6 Å². The van der Waals surface area contributed by atoms with Crippen LogP contribution in [0.2, 0.25) is 0 Å². The molecule has 2 saturated heterocycles. The van der Waals surface area contributed by atoms with Gasteiger partial charge in [-0.3, -0.25) is 0 Å². The van der Waals surface area contributed by atoms with E-state index in [4.69, 9.17) is 10.2 Å². The molecule has 0 aromatic carbocycles. The fraction of sp³-hybridized carbons (Fsp3) is 1.00. The van der Waals surface area contributed by atoms with Gasteiger partial charge in [-0.15, -0.1) is 0 Å². The van der Waals surface area contributed by atoms with Crippen molar-refractivity contribution in [2.24, 2.45) is 0 Å². The third kappa shape index (κ3) is 3.45. The molecule has 0 aliphatic carbocycles. The topological polar surface area (TPSA) is 58.9 Å². The van der Waals surface area contributed by atoms with Gasteiger partial charge in [-0.25, -0.2) is 8.78 Å². The second-order valence-corrected chi connectivity index (χ2v) is 3.24. The molecule has 0 saturated carbocycles. The molecule has 4 atom stereocenters. The van der Waals surface area contributed by atoms with Crippen LogP contribution in [0.1, 0.15) is 0 Å². The van der Waals surface area contributed by atoms with Gasteiger partial charge in [0.2, 0.25) is 0 Å². The summed E-state index contributed by atoms with van der Waals surface area (Å²) in [5.74, 6) is 0. The molecule has 84 valence electrons. The van der Waals surface area contributed by atoms with E-state index in [1.54, 1.807) is 0 Å². The molecule has 0 radical (unpaired) electrons. The third-order valence-corrected chi connectivity index (χ3v) is 1.97. The predicted molar refractivity (Wildman–Crippen MR) is 43.4 cm³/mol. The molecule has 2 fully saturated rings. The number of ether oxygens (including phenoxy) is 2. The Balaban J connectivity index is 0.000000140. The number of alkyl halides is 2. The summed E-state index contributed by atoms with van der Waals surface area (Å²) < 4.78 is 33.0. The molecule has 0 bridgehead atoms. The highest BCUT2D eigenvalue weighted by molar-refractivity contribution is 4.72. The van der Waals surface area contributed by atoms with Crippen LogP contribution in [0.15, 0.2) is 0 Å². The average Bonchev–Trinajstić information content (AvgIpc) is 2.67. The fourth-order valence-electron chi connectivity index (χ4n) is 1.03. The largest absolute Gasteiger partial charge is 0.388 e. The van der Waals surface area contributed by atoms with E-state index in [0.29, 0.717) is 0 Å². The summed E-state index contributed by atoms with van der Waals surface area (Å²) in [6, 6.07) is 0. The fourth-order valence-corrected chi connectivity index (χ4v) is 1.03. The summed E-state index contributed by atoms with van der Waals surface area (Å²) in [6.45, 7) is 0.421. The lowest BCUT2D eigenvalue weighted by Gasteiger charge is -1.97. The first kappa shape index (κ1) is 11.8. The van der Waals surface area contributed by atoms with Gasteiger partial charge >= 0.3 is 0 Å². The zero-order valence-corrected chi connectivity index (χ0v) is 7.60. The maximum Gasteiger partial charge on any atom is 0.151 e. The average molecular weight is 212 g/mol. The van der Waals surface area contributed by atoms with Crippen molar-refractivity contribution in [2.75, 3.05) is 26.4 Å². The lowest BCUT2D eigenvalue weighted by Crippen LogP contribution is -2.17. The highest BCUT2D eigenvalue weighted by Gasteiger charge is 2.25. The van der Waals surface area contributed by atoms with E-state index in [2.05, 4.69) is 9.47 Å². The minimum Gasteiger partial charge on any atom is -0.388 e. The minimum absolute atomic E-state index is 0.0567. The van der Waals surface area contributed by atoms with Crippen molar-refractivity contribution in [1.82, 2.24) is 0 Å². The van der Waals surface area contributed by atoms with Gasteiger partial charge in [0.15, 0.2) is 12.3 Å². The molecule has 0 amide bonds. The van der Waals surface area contributed by atoms with Crippen LogP contribution in [0.4, 0.5) is 8.78 Å². The van der Waals surface area contributed by atoms with Gasteiger partial charge in [0, 0.05) is 0 Å². The minimum atomic E-state index is -1.15. The summed E-state index contributed by atoms with van der Waals surface area (Å²) in [6.07, 6.45) is -4.06. The van der Waals surface area contributed by atoms with Crippen molar-refractivity contribution in [3.8, 4) is 0 Å². The van der Waals surface area contributed by atoms with Gasteiger partial charge in [-0.05, 0) is 0 Å². The Hall–Kier alpha value is -0.300. The number of aliphatic hydroxyl groups is 2. The van der Waals surface area contributed by atoms with Crippen LogP contribution in [0, 0.1) is 0 Å². The molecule has 4 nitrogen and oxygen atoms in total. The first-order chi connectivity index (χ1) is 6.61. The van der Waals surface area contributed by atoms with E-state index in [1.165, 1.54) is 0 Å². The Bertz CT molecular complexity index is 135. The molecule has 0 aromatic heterocycles. The Kier molecular flexibility index (Phi) is 4.67. The van der Waals surface area contributed by atoms with E-state index >= 15 is 0 Å². The Morgan fingerprint density at radius 1 is 0.786 bits per heavy atom. The second-order valence-electron chi connectivity index (χ2n) is 3.24. The highest BCUT2D eigenvalue weighted by Crippen LogP contribution is 2.08.